The molecule has 248 valence electrons. The van der Waals surface area contributed by atoms with Crippen molar-refractivity contribution < 1.29 is 4.42 Å². The largest absolute Gasteiger partial charge is 0.456 e. The number of benzene rings is 9. The van der Waals surface area contributed by atoms with Crippen LogP contribution in [0.4, 0.5) is 17.1 Å². The van der Waals surface area contributed by atoms with E-state index in [1.807, 2.05) is 6.07 Å². The first-order valence-corrected chi connectivity index (χ1v) is 18.1. The van der Waals surface area contributed by atoms with Gasteiger partial charge in [0.2, 0.25) is 0 Å². The van der Waals surface area contributed by atoms with E-state index in [1.165, 1.54) is 43.4 Å². The van der Waals surface area contributed by atoms with Gasteiger partial charge in [0.05, 0.1) is 16.7 Å². The normalized spacial score (nSPS) is 11.8. The van der Waals surface area contributed by atoms with Gasteiger partial charge in [-0.3, -0.25) is 0 Å². The summed E-state index contributed by atoms with van der Waals surface area (Å²) in [6.45, 7) is 0. The van der Waals surface area contributed by atoms with Crippen molar-refractivity contribution in [2.45, 2.75) is 0 Å². The predicted molar refractivity (Wildman–Crippen MR) is 223 cm³/mol. The van der Waals surface area contributed by atoms with Crippen LogP contribution in [0.15, 0.2) is 199 Å². The summed E-state index contributed by atoms with van der Waals surface area (Å²) in [4.78, 5) is 2.40. The van der Waals surface area contributed by atoms with Gasteiger partial charge in [-0.15, -0.1) is 0 Å². The average Bonchev–Trinajstić information content (AvgIpc) is 3.78. The number of furan rings is 1. The molecule has 0 spiro atoms. The third-order valence-electron chi connectivity index (χ3n) is 10.8. The van der Waals surface area contributed by atoms with Gasteiger partial charge >= 0.3 is 0 Å². The van der Waals surface area contributed by atoms with Crippen LogP contribution in [-0.2, 0) is 0 Å². The van der Waals surface area contributed by atoms with Gasteiger partial charge in [-0.1, -0.05) is 127 Å². The summed E-state index contributed by atoms with van der Waals surface area (Å²) in [6.07, 6.45) is 0. The maximum Gasteiger partial charge on any atom is 0.136 e. The lowest BCUT2D eigenvalue weighted by molar-refractivity contribution is 0.669. The molecule has 11 aromatic rings. The Kier molecular flexibility index (Phi) is 6.55. The van der Waals surface area contributed by atoms with E-state index in [9.17, 15) is 0 Å². The van der Waals surface area contributed by atoms with Crippen molar-refractivity contribution in [3.05, 3.63) is 194 Å². The fraction of sp³-hybridized carbons (Fsp3) is 0. The van der Waals surface area contributed by atoms with Gasteiger partial charge in [0.15, 0.2) is 0 Å². The Morgan fingerprint density at radius 2 is 0.962 bits per heavy atom. The summed E-state index contributed by atoms with van der Waals surface area (Å²) < 4.78 is 8.73. The molecule has 11 rings (SSSR count). The second-order valence-electron chi connectivity index (χ2n) is 13.7. The number of hydrogen-bond donors (Lipinski definition) is 0. The Hall–Kier alpha value is -7.10. The van der Waals surface area contributed by atoms with Crippen molar-refractivity contribution in [2.75, 3.05) is 4.90 Å². The summed E-state index contributed by atoms with van der Waals surface area (Å²) in [6, 6.07) is 69.8. The third kappa shape index (κ3) is 4.61. The van der Waals surface area contributed by atoms with Crippen LogP contribution in [0, 0.1) is 0 Å². The van der Waals surface area contributed by atoms with E-state index < -0.39 is 0 Å². The molecule has 0 fully saturated rings. The highest BCUT2D eigenvalue weighted by Gasteiger charge is 2.21. The summed E-state index contributed by atoms with van der Waals surface area (Å²) in [7, 11) is 0. The van der Waals surface area contributed by atoms with Crippen LogP contribution in [0.25, 0.3) is 82.1 Å². The van der Waals surface area contributed by atoms with Gasteiger partial charge in [-0.05, 0) is 93.8 Å². The average molecular weight is 677 g/mol. The number of hydrogen-bond acceptors (Lipinski definition) is 2. The van der Waals surface area contributed by atoms with Crippen LogP contribution in [0.2, 0.25) is 0 Å². The van der Waals surface area contributed by atoms with E-state index in [-0.39, 0.29) is 0 Å². The highest BCUT2D eigenvalue weighted by atomic mass is 16.3. The molecule has 0 saturated carbocycles. The highest BCUT2D eigenvalue weighted by molar-refractivity contribution is 6.14. The van der Waals surface area contributed by atoms with Gasteiger partial charge in [0.25, 0.3) is 0 Å². The standard InChI is InChI=1S/C50H32N2O/c1-2-13-38-33(12-1)24-25-34-32-37(30-31-39(34)38)51(35-26-28-36(29-27-35)52-46-20-8-3-14-40(46)41-15-4-9-21-47(41)52)45-19-7-5-16-42(45)43-18-11-23-49-50(43)44-17-6-10-22-48(44)53-49/h1-32H. The van der Waals surface area contributed by atoms with Crippen molar-refractivity contribution >= 4 is 82.4 Å². The molecule has 2 aromatic heterocycles. The highest BCUT2D eigenvalue weighted by Crippen LogP contribution is 2.45. The zero-order valence-corrected chi connectivity index (χ0v) is 28.8. The molecule has 0 N–H and O–H groups in total. The Labute approximate surface area is 306 Å². The molecule has 2 heterocycles. The first kappa shape index (κ1) is 29.6. The molecule has 0 aliphatic carbocycles. The fourth-order valence-electron chi connectivity index (χ4n) is 8.41. The molecule has 0 bridgehead atoms. The van der Waals surface area contributed by atoms with Gasteiger partial charge in [0.1, 0.15) is 11.2 Å². The summed E-state index contributed by atoms with van der Waals surface area (Å²) in [5, 5.41) is 9.72. The first-order chi connectivity index (χ1) is 26.3. The predicted octanol–water partition coefficient (Wildman–Crippen LogP) is 14.1. The maximum atomic E-state index is 6.36. The Balaban J connectivity index is 1.14. The van der Waals surface area contributed by atoms with E-state index in [0.29, 0.717) is 0 Å². The summed E-state index contributed by atoms with van der Waals surface area (Å²) in [5.41, 5.74) is 10.8. The van der Waals surface area contributed by atoms with E-state index in [1.54, 1.807) is 0 Å². The van der Waals surface area contributed by atoms with Crippen molar-refractivity contribution in [3.63, 3.8) is 0 Å². The molecule has 0 unspecified atom stereocenters. The van der Waals surface area contributed by atoms with Crippen molar-refractivity contribution in [1.82, 2.24) is 4.57 Å². The number of nitrogens with zero attached hydrogens (tertiary/aromatic N) is 2. The molecule has 0 aliphatic rings. The molecule has 0 amide bonds. The smallest absolute Gasteiger partial charge is 0.136 e. The molecule has 0 saturated heterocycles. The zero-order chi connectivity index (χ0) is 34.9. The minimum atomic E-state index is 0.887. The monoisotopic (exact) mass is 676 g/mol. The molecule has 0 radical (unpaired) electrons. The van der Waals surface area contributed by atoms with Crippen LogP contribution in [0.1, 0.15) is 0 Å². The van der Waals surface area contributed by atoms with Crippen LogP contribution < -0.4 is 4.90 Å². The van der Waals surface area contributed by atoms with E-state index in [0.717, 1.165) is 55.8 Å². The number of rotatable bonds is 5. The van der Waals surface area contributed by atoms with Crippen LogP contribution in [-0.4, -0.2) is 4.57 Å². The molecule has 3 heteroatoms. The van der Waals surface area contributed by atoms with Gasteiger partial charge < -0.3 is 13.9 Å². The van der Waals surface area contributed by atoms with Crippen molar-refractivity contribution in [1.29, 1.82) is 0 Å². The number of aromatic nitrogens is 1. The Morgan fingerprint density at radius 1 is 0.377 bits per heavy atom. The number of para-hydroxylation sites is 4. The summed E-state index contributed by atoms with van der Waals surface area (Å²) >= 11 is 0. The third-order valence-corrected chi connectivity index (χ3v) is 10.8. The Bertz CT molecular complexity index is 3130. The topological polar surface area (TPSA) is 21.3 Å². The second-order valence-corrected chi connectivity index (χ2v) is 13.7. The lowest BCUT2D eigenvalue weighted by Crippen LogP contribution is -2.11. The second kappa shape index (κ2) is 11.7. The maximum absolute atomic E-state index is 6.36. The first-order valence-electron chi connectivity index (χ1n) is 18.1. The molecular formula is C50H32N2O. The lowest BCUT2D eigenvalue weighted by Gasteiger charge is -2.28. The van der Waals surface area contributed by atoms with E-state index in [4.69, 9.17) is 4.42 Å². The van der Waals surface area contributed by atoms with Crippen molar-refractivity contribution in [2.24, 2.45) is 0 Å². The van der Waals surface area contributed by atoms with Gasteiger partial charge in [-0.2, -0.15) is 0 Å². The van der Waals surface area contributed by atoms with Crippen LogP contribution in [0.3, 0.4) is 0 Å². The molecule has 0 atom stereocenters. The van der Waals surface area contributed by atoms with E-state index >= 15 is 0 Å². The Morgan fingerprint density at radius 3 is 1.77 bits per heavy atom. The molecule has 53 heavy (non-hydrogen) atoms. The minimum Gasteiger partial charge on any atom is -0.456 e. The van der Waals surface area contributed by atoms with E-state index in [2.05, 4.69) is 198 Å². The lowest BCUT2D eigenvalue weighted by atomic mass is 9.96. The molecule has 9 aromatic carbocycles. The zero-order valence-electron chi connectivity index (χ0n) is 28.8. The quantitative estimate of drug-likeness (QED) is 0.169. The minimum absolute atomic E-state index is 0.887. The SMILES string of the molecule is c1ccc(N(c2ccc(-n3c4ccccc4c4ccccc43)cc2)c2ccc3c(ccc4ccccc43)c2)c(-c2cccc3oc4ccccc4c23)c1. The number of fused-ring (bicyclic) bond motifs is 9. The van der Waals surface area contributed by atoms with Gasteiger partial charge in [0, 0.05) is 44.2 Å². The molecule has 3 nitrogen and oxygen atoms in total. The number of anilines is 3. The molecule has 0 aliphatic heterocycles. The van der Waals surface area contributed by atoms with Gasteiger partial charge in [-0.25, -0.2) is 0 Å². The van der Waals surface area contributed by atoms with Crippen molar-refractivity contribution in [3.8, 4) is 16.8 Å². The van der Waals surface area contributed by atoms with Crippen LogP contribution >= 0.6 is 0 Å². The summed E-state index contributed by atoms with van der Waals surface area (Å²) in [5.74, 6) is 0. The van der Waals surface area contributed by atoms with Crippen LogP contribution in [0.5, 0.6) is 0 Å². The molecular weight excluding hydrogens is 645 g/mol. The fourth-order valence-corrected chi connectivity index (χ4v) is 8.41.